The van der Waals surface area contributed by atoms with Gasteiger partial charge in [0.15, 0.2) is 11.5 Å². The minimum Gasteiger partial charge on any atom is -0.454 e. The van der Waals surface area contributed by atoms with Gasteiger partial charge in [0.1, 0.15) is 9.88 Å². The number of aromatic nitrogens is 1. The monoisotopic (exact) mass is 380 g/mol. The second-order valence-corrected chi connectivity index (χ2v) is 8.06. The molecule has 1 amide bonds. The van der Waals surface area contributed by atoms with Crippen LogP contribution in [0, 0.1) is 0 Å². The molecule has 3 aromatic rings. The van der Waals surface area contributed by atoms with Crippen molar-refractivity contribution in [2.75, 3.05) is 13.3 Å². The fraction of sp³-hybridized carbons (Fsp3) is 0.238. The van der Waals surface area contributed by atoms with Crippen LogP contribution in [0.1, 0.15) is 29.1 Å². The van der Waals surface area contributed by atoms with E-state index in [1.807, 2.05) is 48.5 Å². The van der Waals surface area contributed by atoms with Crippen LogP contribution >= 0.6 is 11.3 Å². The van der Waals surface area contributed by atoms with Crippen LogP contribution in [-0.4, -0.2) is 24.2 Å². The normalized spacial score (nSPS) is 12.8. The smallest absolute Gasteiger partial charge is 0.263 e. The molecule has 0 saturated carbocycles. The van der Waals surface area contributed by atoms with Gasteiger partial charge in [-0.05, 0) is 17.7 Å². The predicted molar refractivity (Wildman–Crippen MR) is 105 cm³/mol. The number of hydrogen-bond acceptors (Lipinski definition) is 5. The van der Waals surface area contributed by atoms with Gasteiger partial charge in [-0.15, -0.1) is 11.3 Å². The van der Waals surface area contributed by atoms with Gasteiger partial charge in [0, 0.05) is 17.5 Å². The summed E-state index contributed by atoms with van der Waals surface area (Å²) in [5.74, 6) is 1.40. The number of carbonyl (C=O) groups is 1. The lowest BCUT2D eigenvalue weighted by Gasteiger charge is -2.25. The number of rotatable bonds is 5. The second kappa shape index (κ2) is 7.04. The molecule has 0 atom stereocenters. The number of ether oxygens (including phenoxy) is 2. The Morgan fingerprint density at radius 2 is 1.93 bits per heavy atom. The van der Waals surface area contributed by atoms with E-state index in [-0.39, 0.29) is 18.1 Å². The number of fused-ring (bicyclic) bond motifs is 1. The lowest BCUT2D eigenvalue weighted by atomic mass is 9.84. The van der Waals surface area contributed by atoms with Crippen molar-refractivity contribution in [2.24, 2.45) is 0 Å². The van der Waals surface area contributed by atoms with Crippen molar-refractivity contribution in [1.82, 2.24) is 10.3 Å². The fourth-order valence-electron chi connectivity index (χ4n) is 2.90. The van der Waals surface area contributed by atoms with Crippen LogP contribution in [-0.2, 0) is 5.41 Å². The van der Waals surface area contributed by atoms with Gasteiger partial charge in [-0.1, -0.05) is 50.2 Å². The Morgan fingerprint density at radius 3 is 2.74 bits per heavy atom. The summed E-state index contributed by atoms with van der Waals surface area (Å²) >= 11 is 1.40. The molecule has 4 rings (SSSR count). The Labute approximate surface area is 162 Å². The maximum Gasteiger partial charge on any atom is 0.263 e. The van der Waals surface area contributed by atoms with E-state index in [9.17, 15) is 4.79 Å². The molecule has 1 N–H and O–H groups in total. The van der Waals surface area contributed by atoms with Crippen molar-refractivity contribution in [3.05, 3.63) is 65.2 Å². The van der Waals surface area contributed by atoms with Crippen molar-refractivity contribution in [3.63, 3.8) is 0 Å². The van der Waals surface area contributed by atoms with Crippen LogP contribution in [0.3, 0.4) is 0 Å². The van der Waals surface area contributed by atoms with Crippen LogP contribution in [0.4, 0.5) is 0 Å². The van der Waals surface area contributed by atoms with E-state index in [1.165, 1.54) is 11.3 Å². The Hall–Kier alpha value is -2.86. The third-order valence-corrected chi connectivity index (χ3v) is 5.64. The number of nitrogens with zero attached hydrogens (tertiary/aromatic N) is 1. The zero-order valence-electron chi connectivity index (χ0n) is 15.2. The van der Waals surface area contributed by atoms with E-state index in [4.69, 9.17) is 9.47 Å². The van der Waals surface area contributed by atoms with E-state index in [0.29, 0.717) is 11.4 Å². The van der Waals surface area contributed by atoms with E-state index < -0.39 is 0 Å². The Bertz CT molecular complexity index is 967. The molecule has 1 aromatic heterocycles. The van der Waals surface area contributed by atoms with Crippen LogP contribution < -0.4 is 14.8 Å². The lowest BCUT2D eigenvalue weighted by Crippen LogP contribution is -2.36. The summed E-state index contributed by atoms with van der Waals surface area (Å²) in [5, 5.41) is 3.87. The zero-order chi connectivity index (χ0) is 18.9. The van der Waals surface area contributed by atoms with Crippen LogP contribution in [0.25, 0.3) is 10.6 Å². The number of nitrogens with one attached hydrogen (secondary N) is 1. The molecule has 1 aliphatic heterocycles. The maximum atomic E-state index is 12.6. The molecule has 0 spiro atoms. The van der Waals surface area contributed by atoms with Crippen molar-refractivity contribution >= 4 is 17.2 Å². The number of amides is 1. The van der Waals surface area contributed by atoms with Gasteiger partial charge in [-0.25, -0.2) is 4.98 Å². The topological polar surface area (TPSA) is 60.5 Å². The van der Waals surface area contributed by atoms with Gasteiger partial charge < -0.3 is 14.8 Å². The molecule has 0 bridgehead atoms. The summed E-state index contributed by atoms with van der Waals surface area (Å²) in [6.45, 7) is 4.94. The lowest BCUT2D eigenvalue weighted by molar-refractivity contribution is 0.0949. The minimum atomic E-state index is -0.246. The average molecular weight is 380 g/mol. The molecule has 0 fully saturated rings. The van der Waals surface area contributed by atoms with Crippen molar-refractivity contribution in [3.8, 4) is 22.1 Å². The van der Waals surface area contributed by atoms with Gasteiger partial charge in [0.25, 0.3) is 5.91 Å². The number of benzene rings is 2. The molecule has 1 aliphatic rings. The van der Waals surface area contributed by atoms with Gasteiger partial charge in [0.05, 0.1) is 6.20 Å². The molecular weight excluding hydrogens is 360 g/mol. The average Bonchev–Trinajstić information content (AvgIpc) is 3.35. The highest BCUT2D eigenvalue weighted by atomic mass is 32.1. The molecule has 138 valence electrons. The Balaban J connectivity index is 1.43. The zero-order valence-corrected chi connectivity index (χ0v) is 16.0. The summed E-state index contributed by atoms with van der Waals surface area (Å²) in [4.78, 5) is 17.6. The van der Waals surface area contributed by atoms with E-state index in [1.54, 1.807) is 6.20 Å². The van der Waals surface area contributed by atoms with Crippen molar-refractivity contribution < 1.29 is 14.3 Å². The third-order valence-electron chi connectivity index (χ3n) is 4.60. The molecule has 6 heteroatoms. The maximum absolute atomic E-state index is 12.6. The first kappa shape index (κ1) is 17.5. The van der Waals surface area contributed by atoms with E-state index in [2.05, 4.69) is 24.1 Å². The number of thiazole rings is 1. The van der Waals surface area contributed by atoms with Crippen molar-refractivity contribution in [1.29, 1.82) is 0 Å². The molecule has 27 heavy (non-hydrogen) atoms. The first-order valence-electron chi connectivity index (χ1n) is 8.72. The highest BCUT2D eigenvalue weighted by molar-refractivity contribution is 7.16. The van der Waals surface area contributed by atoms with Gasteiger partial charge in [-0.3, -0.25) is 4.79 Å². The van der Waals surface area contributed by atoms with Gasteiger partial charge >= 0.3 is 0 Å². The Kier molecular flexibility index (Phi) is 4.58. The van der Waals surface area contributed by atoms with Crippen LogP contribution in [0.2, 0.25) is 0 Å². The summed E-state index contributed by atoms with van der Waals surface area (Å²) in [6, 6.07) is 15.8. The first-order chi connectivity index (χ1) is 13.0. The first-order valence-corrected chi connectivity index (χ1v) is 9.54. The van der Waals surface area contributed by atoms with Gasteiger partial charge in [0.2, 0.25) is 6.79 Å². The molecule has 2 heterocycles. The highest BCUT2D eigenvalue weighted by Crippen LogP contribution is 2.36. The molecule has 5 nitrogen and oxygen atoms in total. The molecule has 0 unspecified atom stereocenters. The Morgan fingerprint density at radius 1 is 1.15 bits per heavy atom. The largest absolute Gasteiger partial charge is 0.454 e. The quantitative estimate of drug-likeness (QED) is 0.719. The molecular formula is C21H20N2O3S. The SMILES string of the molecule is CC(C)(CNC(=O)c1cnc(-c2ccccc2)s1)c1ccc2c(c1)OCO2. The van der Waals surface area contributed by atoms with Crippen molar-refractivity contribution in [2.45, 2.75) is 19.3 Å². The molecule has 0 aliphatic carbocycles. The minimum absolute atomic E-state index is 0.108. The third kappa shape index (κ3) is 3.66. The number of carbonyl (C=O) groups excluding carboxylic acids is 1. The molecule has 0 radical (unpaired) electrons. The highest BCUT2D eigenvalue weighted by Gasteiger charge is 2.25. The van der Waals surface area contributed by atoms with Gasteiger partial charge in [-0.2, -0.15) is 0 Å². The van der Waals surface area contributed by atoms with E-state index in [0.717, 1.165) is 27.6 Å². The summed E-state index contributed by atoms with van der Waals surface area (Å²) in [7, 11) is 0. The van der Waals surface area contributed by atoms with Crippen LogP contribution in [0.5, 0.6) is 11.5 Å². The second-order valence-electron chi connectivity index (χ2n) is 7.03. The fourth-order valence-corrected chi connectivity index (χ4v) is 3.74. The summed E-state index contributed by atoms with van der Waals surface area (Å²) in [6.07, 6.45) is 1.63. The standard InChI is InChI=1S/C21H20N2O3S/c1-21(2,15-8-9-16-17(10-15)26-13-25-16)12-23-19(24)18-11-22-20(27-18)14-6-4-3-5-7-14/h3-11H,12-13H2,1-2H3,(H,23,24). The number of hydrogen-bond donors (Lipinski definition) is 1. The molecule has 0 saturated heterocycles. The van der Waals surface area contributed by atoms with E-state index >= 15 is 0 Å². The predicted octanol–water partition coefficient (Wildman–Crippen LogP) is 4.25. The van der Waals surface area contributed by atoms with Crippen LogP contribution in [0.15, 0.2) is 54.7 Å². The summed E-state index contributed by atoms with van der Waals surface area (Å²) in [5.41, 5.74) is 1.85. The summed E-state index contributed by atoms with van der Waals surface area (Å²) < 4.78 is 10.8. The molecule has 2 aromatic carbocycles.